The molecule has 1 aliphatic rings. The summed E-state index contributed by atoms with van der Waals surface area (Å²) < 4.78 is 10.8. The Labute approximate surface area is 171 Å². The Bertz CT molecular complexity index is 884. The van der Waals surface area contributed by atoms with Gasteiger partial charge in [0, 0.05) is 28.3 Å². The molecule has 2 heterocycles. The van der Waals surface area contributed by atoms with Gasteiger partial charge in [0.05, 0.1) is 17.7 Å². The highest BCUT2D eigenvalue weighted by Crippen LogP contribution is 2.27. The summed E-state index contributed by atoms with van der Waals surface area (Å²) in [5.74, 6) is -1.30. The SMILES string of the molecule is Cc1csc([C@H](C#N)C(=O)COC(=O)c2ccccc2SC[C@H]2CCCO2)n1. The first-order chi connectivity index (χ1) is 13.6. The molecule has 1 aliphatic heterocycles. The number of thiazole rings is 1. The summed E-state index contributed by atoms with van der Waals surface area (Å²) in [6.45, 7) is 2.13. The molecule has 0 unspecified atom stereocenters. The van der Waals surface area contributed by atoms with E-state index in [2.05, 4.69) is 4.98 Å². The quantitative estimate of drug-likeness (QED) is 0.478. The minimum absolute atomic E-state index is 0.203. The maximum absolute atomic E-state index is 12.5. The highest BCUT2D eigenvalue weighted by molar-refractivity contribution is 7.99. The number of ketones is 1. The molecule has 0 aliphatic carbocycles. The van der Waals surface area contributed by atoms with Gasteiger partial charge >= 0.3 is 5.97 Å². The predicted octanol–water partition coefficient (Wildman–Crippen LogP) is 3.76. The summed E-state index contributed by atoms with van der Waals surface area (Å²) in [6, 6.07) is 9.09. The average molecular weight is 417 g/mol. The first-order valence-electron chi connectivity index (χ1n) is 8.93. The molecule has 3 rings (SSSR count). The Morgan fingerprint density at radius 1 is 1.46 bits per heavy atom. The molecule has 0 saturated carbocycles. The van der Waals surface area contributed by atoms with Gasteiger partial charge in [-0.2, -0.15) is 5.26 Å². The molecule has 28 heavy (non-hydrogen) atoms. The normalized spacial score (nSPS) is 17.1. The summed E-state index contributed by atoms with van der Waals surface area (Å²) in [6.07, 6.45) is 2.30. The van der Waals surface area contributed by atoms with Crippen LogP contribution in [0.25, 0.3) is 0 Å². The molecule has 0 spiro atoms. The number of hydrogen-bond acceptors (Lipinski definition) is 8. The molecule has 2 aromatic rings. The predicted molar refractivity (Wildman–Crippen MR) is 107 cm³/mol. The van der Waals surface area contributed by atoms with Gasteiger partial charge in [-0.15, -0.1) is 23.1 Å². The second-order valence-corrected chi connectivity index (χ2v) is 8.33. The highest BCUT2D eigenvalue weighted by Gasteiger charge is 2.25. The lowest BCUT2D eigenvalue weighted by atomic mass is 10.1. The van der Waals surface area contributed by atoms with Crippen molar-refractivity contribution in [2.24, 2.45) is 0 Å². The van der Waals surface area contributed by atoms with Gasteiger partial charge in [-0.05, 0) is 31.9 Å². The zero-order valence-electron chi connectivity index (χ0n) is 15.4. The lowest BCUT2D eigenvalue weighted by Crippen LogP contribution is -2.20. The van der Waals surface area contributed by atoms with Gasteiger partial charge in [0.15, 0.2) is 18.3 Å². The van der Waals surface area contributed by atoms with Crippen LogP contribution in [0.2, 0.25) is 0 Å². The topological polar surface area (TPSA) is 89.3 Å². The van der Waals surface area contributed by atoms with E-state index in [1.165, 1.54) is 11.3 Å². The first kappa shape index (κ1) is 20.5. The van der Waals surface area contributed by atoms with Crippen molar-refractivity contribution in [3.05, 3.63) is 45.9 Å². The zero-order valence-corrected chi connectivity index (χ0v) is 17.1. The largest absolute Gasteiger partial charge is 0.454 e. The molecule has 1 fully saturated rings. The average Bonchev–Trinajstić information content (AvgIpc) is 3.37. The fourth-order valence-electron chi connectivity index (χ4n) is 2.79. The number of nitriles is 1. The van der Waals surface area contributed by atoms with Crippen molar-refractivity contribution >= 4 is 34.9 Å². The number of carbonyl (C=O) groups excluding carboxylic acids is 2. The smallest absolute Gasteiger partial charge is 0.339 e. The van der Waals surface area contributed by atoms with Crippen molar-refractivity contribution in [1.29, 1.82) is 5.26 Å². The Morgan fingerprint density at radius 2 is 2.29 bits per heavy atom. The number of Topliss-reactive ketones (excluding diaryl/α,β-unsaturated/α-hetero) is 1. The van der Waals surface area contributed by atoms with Crippen molar-refractivity contribution in [2.75, 3.05) is 19.0 Å². The van der Waals surface area contributed by atoms with E-state index in [1.54, 1.807) is 36.2 Å². The number of hydrogen-bond donors (Lipinski definition) is 0. The maximum atomic E-state index is 12.5. The molecule has 146 valence electrons. The maximum Gasteiger partial charge on any atom is 0.339 e. The van der Waals surface area contributed by atoms with Crippen LogP contribution in [0.5, 0.6) is 0 Å². The standard InChI is InChI=1S/C20H20N2O4S2/c1-13-11-28-19(22-13)16(9-21)17(23)10-26-20(24)15-6-2-3-7-18(15)27-12-14-5-4-8-25-14/h2-3,6-7,11,14,16H,4-5,8,10,12H2,1H3/t14-,16-/m1/s1. The minimum atomic E-state index is -1.02. The van der Waals surface area contributed by atoms with Crippen LogP contribution in [0.1, 0.15) is 39.8 Å². The Balaban J connectivity index is 1.59. The van der Waals surface area contributed by atoms with Gasteiger partial charge in [0.2, 0.25) is 0 Å². The number of ether oxygens (including phenoxy) is 2. The fraction of sp³-hybridized carbons (Fsp3) is 0.400. The van der Waals surface area contributed by atoms with Gasteiger partial charge in [-0.1, -0.05) is 12.1 Å². The van der Waals surface area contributed by atoms with Crippen LogP contribution < -0.4 is 0 Å². The van der Waals surface area contributed by atoms with Crippen LogP contribution in [-0.2, 0) is 14.3 Å². The van der Waals surface area contributed by atoms with Crippen molar-refractivity contribution < 1.29 is 19.1 Å². The monoisotopic (exact) mass is 416 g/mol. The van der Waals surface area contributed by atoms with Crippen molar-refractivity contribution in [1.82, 2.24) is 4.98 Å². The summed E-state index contributed by atoms with van der Waals surface area (Å²) in [7, 11) is 0. The Kier molecular flexibility index (Phi) is 7.20. The van der Waals surface area contributed by atoms with E-state index in [-0.39, 0.29) is 6.10 Å². The summed E-state index contributed by atoms with van der Waals surface area (Å²) >= 11 is 2.80. The third kappa shape index (κ3) is 5.19. The summed E-state index contributed by atoms with van der Waals surface area (Å²) in [4.78, 5) is 29.8. The molecule has 1 aromatic heterocycles. The van der Waals surface area contributed by atoms with Crippen LogP contribution >= 0.6 is 23.1 Å². The number of carbonyl (C=O) groups is 2. The van der Waals surface area contributed by atoms with Gasteiger partial charge in [-0.3, -0.25) is 4.79 Å². The first-order valence-corrected chi connectivity index (χ1v) is 10.8. The molecule has 8 heteroatoms. The van der Waals surface area contributed by atoms with E-state index in [9.17, 15) is 14.9 Å². The summed E-state index contributed by atoms with van der Waals surface area (Å²) in [5, 5.41) is 11.5. The van der Waals surface area contributed by atoms with Crippen LogP contribution in [0, 0.1) is 18.3 Å². The third-order valence-electron chi connectivity index (χ3n) is 4.24. The highest BCUT2D eigenvalue weighted by atomic mass is 32.2. The molecule has 0 amide bonds. The van der Waals surface area contributed by atoms with Gasteiger partial charge in [-0.25, -0.2) is 9.78 Å². The fourth-order valence-corrected chi connectivity index (χ4v) is 4.76. The number of esters is 1. The van der Waals surface area contributed by atoms with Gasteiger partial charge in [0.25, 0.3) is 0 Å². The molecule has 2 atom stereocenters. The number of nitrogens with zero attached hydrogens (tertiary/aromatic N) is 2. The van der Waals surface area contributed by atoms with E-state index in [4.69, 9.17) is 9.47 Å². The van der Waals surface area contributed by atoms with Crippen LogP contribution in [0.15, 0.2) is 34.5 Å². The van der Waals surface area contributed by atoms with Crippen LogP contribution in [0.4, 0.5) is 0 Å². The van der Waals surface area contributed by atoms with Crippen LogP contribution in [-0.4, -0.2) is 41.8 Å². The van der Waals surface area contributed by atoms with Crippen molar-refractivity contribution in [3.63, 3.8) is 0 Å². The van der Waals surface area contributed by atoms with E-state index >= 15 is 0 Å². The molecule has 1 aromatic carbocycles. The number of rotatable bonds is 8. The lowest BCUT2D eigenvalue weighted by Gasteiger charge is -2.12. The number of thioether (sulfide) groups is 1. The number of benzene rings is 1. The number of aromatic nitrogens is 1. The second kappa shape index (κ2) is 9.82. The molecule has 0 radical (unpaired) electrons. The van der Waals surface area contributed by atoms with Gasteiger partial charge < -0.3 is 9.47 Å². The molecule has 6 nitrogen and oxygen atoms in total. The Hall–Kier alpha value is -2.21. The van der Waals surface area contributed by atoms with Crippen LogP contribution in [0.3, 0.4) is 0 Å². The summed E-state index contributed by atoms with van der Waals surface area (Å²) in [5.41, 5.74) is 1.17. The van der Waals surface area contributed by atoms with E-state index in [1.807, 2.05) is 18.2 Å². The lowest BCUT2D eigenvalue weighted by molar-refractivity contribution is -0.122. The van der Waals surface area contributed by atoms with Crippen molar-refractivity contribution in [3.8, 4) is 6.07 Å². The molecular weight excluding hydrogens is 396 g/mol. The van der Waals surface area contributed by atoms with Gasteiger partial charge in [0.1, 0.15) is 5.01 Å². The molecule has 1 saturated heterocycles. The second-order valence-electron chi connectivity index (χ2n) is 6.37. The molecule has 0 N–H and O–H groups in total. The Morgan fingerprint density at radius 3 is 2.96 bits per heavy atom. The van der Waals surface area contributed by atoms with E-state index in [0.717, 1.165) is 35.8 Å². The molecular formula is C20H20N2O4S2. The minimum Gasteiger partial charge on any atom is -0.454 e. The van der Waals surface area contributed by atoms with Crippen molar-refractivity contribution in [2.45, 2.75) is 36.7 Å². The van der Waals surface area contributed by atoms with E-state index in [0.29, 0.717) is 10.6 Å². The zero-order chi connectivity index (χ0) is 19.9. The number of aryl methyl sites for hydroxylation is 1. The van der Waals surface area contributed by atoms with E-state index < -0.39 is 24.3 Å². The third-order valence-corrected chi connectivity index (χ3v) is 6.47. The molecule has 0 bridgehead atoms.